The van der Waals surface area contributed by atoms with Gasteiger partial charge in [-0.25, -0.2) is 0 Å². The Bertz CT molecular complexity index is 466. The van der Waals surface area contributed by atoms with Crippen LogP contribution in [0.25, 0.3) is 0 Å². The second-order valence-corrected chi connectivity index (χ2v) is 5.74. The average molecular weight is 243 g/mol. The van der Waals surface area contributed by atoms with Gasteiger partial charge < -0.3 is 5.32 Å². The smallest absolute Gasteiger partial charge is 0.141 e. The van der Waals surface area contributed by atoms with Gasteiger partial charge >= 0.3 is 0 Å². The van der Waals surface area contributed by atoms with Crippen LogP contribution in [0.15, 0.2) is 18.2 Å². The van der Waals surface area contributed by atoms with Gasteiger partial charge in [-0.3, -0.25) is 4.79 Å². The largest absolute Gasteiger partial charge is 0.314 e. The van der Waals surface area contributed by atoms with Gasteiger partial charge in [0.2, 0.25) is 0 Å². The Morgan fingerprint density at radius 1 is 1.33 bits per heavy atom. The molecule has 3 rings (SSSR count). The van der Waals surface area contributed by atoms with Crippen molar-refractivity contribution < 1.29 is 4.79 Å². The molecule has 1 N–H and O–H groups in total. The molecule has 2 atom stereocenters. The van der Waals surface area contributed by atoms with E-state index in [1.165, 1.54) is 36.0 Å². The average Bonchev–Trinajstić information content (AvgIpc) is 2.96. The summed E-state index contributed by atoms with van der Waals surface area (Å²) in [5.74, 6) is 0.628. The quantitative estimate of drug-likeness (QED) is 0.882. The van der Waals surface area contributed by atoms with Crippen molar-refractivity contribution in [3.05, 3.63) is 34.9 Å². The fraction of sp³-hybridized carbons (Fsp3) is 0.562. The first-order valence-electron chi connectivity index (χ1n) is 7.11. The summed E-state index contributed by atoms with van der Waals surface area (Å²) in [6, 6.07) is 6.98. The van der Waals surface area contributed by atoms with Gasteiger partial charge in [0, 0.05) is 18.4 Å². The maximum absolute atomic E-state index is 12.3. The van der Waals surface area contributed by atoms with Crippen molar-refractivity contribution in [2.24, 2.45) is 5.92 Å². The van der Waals surface area contributed by atoms with Crippen LogP contribution in [-0.2, 0) is 24.1 Å². The van der Waals surface area contributed by atoms with Gasteiger partial charge in [0.25, 0.3) is 0 Å². The molecule has 1 aromatic rings. The fourth-order valence-electron chi connectivity index (χ4n) is 3.37. The van der Waals surface area contributed by atoms with E-state index in [1.807, 2.05) is 0 Å². The summed E-state index contributed by atoms with van der Waals surface area (Å²) in [4.78, 5) is 12.3. The highest BCUT2D eigenvalue weighted by Gasteiger charge is 2.29. The first-order chi connectivity index (χ1) is 8.74. The standard InChI is InChI=1S/C16H21NO/c1-11-15(7-8-17-11)16(18)10-12-5-6-13-3-2-4-14(13)9-12/h5-6,9,11,15,17H,2-4,7-8,10H2,1H3. The summed E-state index contributed by atoms with van der Waals surface area (Å²) >= 11 is 0. The van der Waals surface area contributed by atoms with Crippen molar-refractivity contribution in [1.82, 2.24) is 5.32 Å². The Kier molecular flexibility index (Phi) is 3.21. The molecule has 18 heavy (non-hydrogen) atoms. The molecule has 1 heterocycles. The number of hydrogen-bond acceptors (Lipinski definition) is 2. The molecule has 1 aromatic carbocycles. The minimum absolute atomic E-state index is 0.221. The van der Waals surface area contributed by atoms with Crippen LogP contribution in [0, 0.1) is 5.92 Å². The highest BCUT2D eigenvalue weighted by molar-refractivity contribution is 5.84. The highest BCUT2D eigenvalue weighted by atomic mass is 16.1. The first kappa shape index (κ1) is 11.9. The maximum Gasteiger partial charge on any atom is 0.141 e. The third-order valence-corrected chi connectivity index (χ3v) is 4.48. The molecule has 2 unspecified atom stereocenters. The molecular formula is C16H21NO. The lowest BCUT2D eigenvalue weighted by molar-refractivity contribution is -0.122. The van der Waals surface area contributed by atoms with Gasteiger partial charge in [0.1, 0.15) is 5.78 Å². The van der Waals surface area contributed by atoms with Crippen LogP contribution >= 0.6 is 0 Å². The number of hydrogen-bond donors (Lipinski definition) is 1. The van der Waals surface area contributed by atoms with Crippen LogP contribution in [0.5, 0.6) is 0 Å². The van der Waals surface area contributed by atoms with Gasteiger partial charge in [-0.2, -0.15) is 0 Å². The molecule has 0 spiro atoms. The zero-order chi connectivity index (χ0) is 12.5. The van der Waals surface area contributed by atoms with E-state index in [9.17, 15) is 4.79 Å². The SMILES string of the molecule is CC1NCCC1C(=O)Cc1ccc2c(c1)CCC2. The molecular weight excluding hydrogens is 222 g/mol. The number of fused-ring (bicyclic) bond motifs is 1. The molecule has 0 bridgehead atoms. The summed E-state index contributed by atoms with van der Waals surface area (Å²) in [5.41, 5.74) is 4.17. The van der Waals surface area contributed by atoms with E-state index >= 15 is 0 Å². The van der Waals surface area contributed by atoms with Gasteiger partial charge in [-0.05, 0) is 55.8 Å². The first-order valence-corrected chi connectivity index (χ1v) is 7.11. The molecule has 0 saturated carbocycles. The van der Waals surface area contributed by atoms with E-state index in [4.69, 9.17) is 0 Å². The molecule has 0 amide bonds. The predicted molar refractivity (Wildman–Crippen MR) is 72.7 cm³/mol. The molecule has 0 radical (unpaired) electrons. The number of carbonyl (C=O) groups is 1. The van der Waals surface area contributed by atoms with Gasteiger partial charge in [0.15, 0.2) is 0 Å². The van der Waals surface area contributed by atoms with E-state index in [0.717, 1.165) is 13.0 Å². The molecule has 1 fully saturated rings. The molecule has 1 aliphatic heterocycles. The summed E-state index contributed by atoms with van der Waals surface area (Å²) in [6.45, 7) is 3.11. The van der Waals surface area contributed by atoms with Crippen LogP contribution < -0.4 is 5.32 Å². The van der Waals surface area contributed by atoms with Crippen molar-refractivity contribution in [3.63, 3.8) is 0 Å². The predicted octanol–water partition coefficient (Wildman–Crippen LogP) is 2.28. The van der Waals surface area contributed by atoms with Crippen LogP contribution in [0.1, 0.15) is 36.5 Å². The number of aryl methyl sites for hydroxylation is 2. The van der Waals surface area contributed by atoms with Crippen molar-refractivity contribution in [2.45, 2.75) is 45.1 Å². The number of benzene rings is 1. The molecule has 0 aromatic heterocycles. The second-order valence-electron chi connectivity index (χ2n) is 5.74. The van der Waals surface area contributed by atoms with E-state index in [2.05, 4.69) is 30.4 Å². The van der Waals surface area contributed by atoms with Gasteiger partial charge in [0.05, 0.1) is 0 Å². The number of ketones is 1. The Labute approximate surface area is 109 Å². The van der Waals surface area contributed by atoms with Crippen molar-refractivity contribution in [1.29, 1.82) is 0 Å². The summed E-state index contributed by atoms with van der Waals surface area (Å²) in [7, 11) is 0. The molecule has 1 aliphatic carbocycles. The number of Topliss-reactive ketones (excluding diaryl/α,β-unsaturated/α-hetero) is 1. The monoisotopic (exact) mass is 243 g/mol. The highest BCUT2D eigenvalue weighted by Crippen LogP contribution is 2.24. The Hall–Kier alpha value is -1.15. The Morgan fingerprint density at radius 2 is 2.17 bits per heavy atom. The minimum atomic E-state index is 0.221. The molecule has 2 heteroatoms. The molecule has 1 saturated heterocycles. The maximum atomic E-state index is 12.3. The van der Waals surface area contributed by atoms with E-state index in [-0.39, 0.29) is 5.92 Å². The second kappa shape index (κ2) is 4.85. The van der Waals surface area contributed by atoms with E-state index in [1.54, 1.807) is 0 Å². The van der Waals surface area contributed by atoms with Crippen LogP contribution in [0.4, 0.5) is 0 Å². The molecule has 96 valence electrons. The number of nitrogens with one attached hydrogen (secondary N) is 1. The minimum Gasteiger partial charge on any atom is -0.314 e. The summed E-state index contributed by atoms with van der Waals surface area (Å²) < 4.78 is 0. The fourth-order valence-corrected chi connectivity index (χ4v) is 3.37. The van der Waals surface area contributed by atoms with Gasteiger partial charge in [-0.15, -0.1) is 0 Å². The van der Waals surface area contributed by atoms with Gasteiger partial charge in [-0.1, -0.05) is 18.2 Å². The van der Waals surface area contributed by atoms with Crippen molar-refractivity contribution in [3.8, 4) is 0 Å². The number of rotatable bonds is 3. The number of carbonyl (C=O) groups excluding carboxylic acids is 1. The lowest BCUT2D eigenvalue weighted by atomic mass is 9.91. The summed E-state index contributed by atoms with van der Waals surface area (Å²) in [6.07, 6.45) is 5.30. The van der Waals surface area contributed by atoms with Crippen LogP contribution in [0.3, 0.4) is 0 Å². The normalized spacial score (nSPS) is 26.3. The van der Waals surface area contributed by atoms with Crippen LogP contribution in [-0.4, -0.2) is 18.4 Å². The van der Waals surface area contributed by atoms with Crippen LogP contribution in [0.2, 0.25) is 0 Å². The summed E-state index contributed by atoms with van der Waals surface area (Å²) in [5, 5.41) is 3.36. The third kappa shape index (κ3) is 2.22. The van der Waals surface area contributed by atoms with E-state index in [0.29, 0.717) is 18.2 Å². The third-order valence-electron chi connectivity index (χ3n) is 4.48. The Balaban J connectivity index is 1.71. The molecule has 2 nitrogen and oxygen atoms in total. The lowest BCUT2D eigenvalue weighted by Crippen LogP contribution is -2.29. The van der Waals surface area contributed by atoms with E-state index < -0.39 is 0 Å². The van der Waals surface area contributed by atoms with Crippen molar-refractivity contribution in [2.75, 3.05) is 6.54 Å². The topological polar surface area (TPSA) is 29.1 Å². The zero-order valence-electron chi connectivity index (χ0n) is 11.0. The van der Waals surface area contributed by atoms with Crippen molar-refractivity contribution >= 4 is 5.78 Å². The molecule has 2 aliphatic rings. The lowest BCUT2D eigenvalue weighted by Gasteiger charge is -2.14. The Morgan fingerprint density at radius 3 is 2.94 bits per heavy atom. The zero-order valence-corrected chi connectivity index (χ0v) is 11.0.